The molecule has 0 aliphatic carbocycles. The number of hydrogen-bond acceptors (Lipinski definition) is 2. The molecule has 1 aromatic carbocycles. The van der Waals surface area contributed by atoms with E-state index in [1.807, 2.05) is 19.2 Å². The summed E-state index contributed by atoms with van der Waals surface area (Å²) < 4.78 is 0. The Kier molecular flexibility index (Phi) is 5.83. The minimum absolute atomic E-state index is 0.00490. The van der Waals surface area contributed by atoms with Crippen LogP contribution in [-0.4, -0.2) is 47.3 Å². The van der Waals surface area contributed by atoms with Crippen LogP contribution in [0, 0.1) is 6.92 Å². The van der Waals surface area contributed by atoms with E-state index in [1.165, 1.54) is 16.5 Å². The van der Waals surface area contributed by atoms with Gasteiger partial charge in [-0.15, -0.1) is 0 Å². The third-order valence-electron chi connectivity index (χ3n) is 3.82. The molecule has 0 aliphatic heterocycles. The number of H-pyrrole nitrogens is 1. The smallest absolute Gasteiger partial charge is 0.317 e. The average molecular weight is 303 g/mol. The molecule has 5 nitrogen and oxygen atoms in total. The molecule has 0 bridgehead atoms. The number of aliphatic hydroxyl groups is 1. The molecule has 22 heavy (non-hydrogen) atoms. The largest absolute Gasteiger partial charge is 0.395 e. The number of carbonyl (C=O) groups is 1. The van der Waals surface area contributed by atoms with Gasteiger partial charge in [0.25, 0.3) is 0 Å². The van der Waals surface area contributed by atoms with Gasteiger partial charge in [-0.2, -0.15) is 0 Å². The van der Waals surface area contributed by atoms with Gasteiger partial charge in [-0.3, -0.25) is 0 Å². The zero-order chi connectivity index (χ0) is 15.9. The summed E-state index contributed by atoms with van der Waals surface area (Å²) in [5.41, 5.74) is 3.60. The first kappa shape index (κ1) is 16.4. The summed E-state index contributed by atoms with van der Waals surface area (Å²) in [6.45, 7) is 5.75. The number of benzene rings is 1. The molecule has 2 amide bonds. The number of amides is 2. The van der Waals surface area contributed by atoms with Crippen molar-refractivity contribution < 1.29 is 9.90 Å². The second-order valence-corrected chi connectivity index (χ2v) is 5.50. The summed E-state index contributed by atoms with van der Waals surface area (Å²) in [6.07, 6.45) is 3.69. The number of hydrogen-bond donors (Lipinski definition) is 3. The van der Waals surface area contributed by atoms with Crippen molar-refractivity contribution in [2.45, 2.75) is 26.7 Å². The van der Waals surface area contributed by atoms with Crippen LogP contribution in [0.1, 0.15) is 24.5 Å². The van der Waals surface area contributed by atoms with Crippen LogP contribution in [-0.2, 0) is 6.42 Å². The van der Waals surface area contributed by atoms with E-state index in [0.717, 1.165) is 18.4 Å². The zero-order valence-electron chi connectivity index (χ0n) is 13.4. The SMILES string of the molecule is CCCN(CCO)C(=O)NCCc1c[nH]c2cccc(C)c12. The van der Waals surface area contributed by atoms with Crippen LogP contribution in [0.4, 0.5) is 4.79 Å². The van der Waals surface area contributed by atoms with Crippen molar-refractivity contribution in [3.05, 3.63) is 35.5 Å². The van der Waals surface area contributed by atoms with E-state index in [1.54, 1.807) is 4.90 Å². The van der Waals surface area contributed by atoms with Crippen LogP contribution in [0.5, 0.6) is 0 Å². The fourth-order valence-electron chi connectivity index (χ4n) is 2.77. The molecule has 0 atom stereocenters. The van der Waals surface area contributed by atoms with Gasteiger partial charge in [0.05, 0.1) is 6.61 Å². The standard InChI is InChI=1S/C17H25N3O2/c1-3-9-20(10-11-21)17(22)18-8-7-14-12-19-15-6-4-5-13(2)16(14)15/h4-6,12,19,21H,3,7-11H2,1-2H3,(H,18,22). The topological polar surface area (TPSA) is 68.4 Å². The molecule has 0 fully saturated rings. The van der Waals surface area contributed by atoms with E-state index in [2.05, 4.69) is 29.4 Å². The highest BCUT2D eigenvalue weighted by molar-refractivity contribution is 5.86. The molecule has 3 N–H and O–H groups in total. The monoisotopic (exact) mass is 303 g/mol. The Morgan fingerprint density at radius 3 is 2.91 bits per heavy atom. The molecule has 2 aromatic rings. The first-order valence-electron chi connectivity index (χ1n) is 7.86. The van der Waals surface area contributed by atoms with Gasteiger partial charge < -0.3 is 20.3 Å². The lowest BCUT2D eigenvalue weighted by Gasteiger charge is -2.21. The number of fused-ring (bicyclic) bond motifs is 1. The zero-order valence-corrected chi connectivity index (χ0v) is 13.4. The van der Waals surface area contributed by atoms with Gasteiger partial charge in [0.1, 0.15) is 0 Å². The quantitative estimate of drug-likeness (QED) is 0.735. The maximum Gasteiger partial charge on any atom is 0.317 e. The third-order valence-corrected chi connectivity index (χ3v) is 3.82. The highest BCUT2D eigenvalue weighted by atomic mass is 16.3. The summed E-state index contributed by atoms with van der Waals surface area (Å²) >= 11 is 0. The van der Waals surface area contributed by atoms with E-state index in [9.17, 15) is 4.79 Å². The van der Waals surface area contributed by atoms with Crippen molar-refractivity contribution in [3.8, 4) is 0 Å². The average Bonchev–Trinajstić information content (AvgIpc) is 2.91. The highest BCUT2D eigenvalue weighted by Crippen LogP contribution is 2.22. The van der Waals surface area contributed by atoms with Crippen molar-refractivity contribution in [1.82, 2.24) is 15.2 Å². The number of aliphatic hydroxyl groups excluding tert-OH is 1. The van der Waals surface area contributed by atoms with E-state index in [-0.39, 0.29) is 12.6 Å². The van der Waals surface area contributed by atoms with Gasteiger partial charge in [-0.1, -0.05) is 19.1 Å². The molecular weight excluding hydrogens is 278 g/mol. The van der Waals surface area contributed by atoms with Crippen molar-refractivity contribution in [2.24, 2.45) is 0 Å². The van der Waals surface area contributed by atoms with Crippen LogP contribution in [0.3, 0.4) is 0 Å². The predicted molar refractivity (Wildman–Crippen MR) is 89.1 cm³/mol. The van der Waals surface area contributed by atoms with E-state index >= 15 is 0 Å². The molecule has 0 unspecified atom stereocenters. The normalized spacial score (nSPS) is 10.9. The lowest BCUT2D eigenvalue weighted by atomic mass is 10.1. The van der Waals surface area contributed by atoms with Crippen LogP contribution in [0.15, 0.2) is 24.4 Å². The minimum atomic E-state index is -0.104. The second kappa shape index (κ2) is 7.84. The fourth-order valence-corrected chi connectivity index (χ4v) is 2.77. The Hall–Kier alpha value is -2.01. The van der Waals surface area contributed by atoms with Crippen LogP contribution >= 0.6 is 0 Å². The summed E-state index contributed by atoms with van der Waals surface area (Å²) in [4.78, 5) is 17.0. The van der Waals surface area contributed by atoms with E-state index < -0.39 is 0 Å². The molecule has 5 heteroatoms. The van der Waals surface area contributed by atoms with Gasteiger partial charge >= 0.3 is 6.03 Å². The molecule has 0 radical (unpaired) electrons. The lowest BCUT2D eigenvalue weighted by molar-refractivity contribution is 0.177. The van der Waals surface area contributed by atoms with Crippen LogP contribution in [0.2, 0.25) is 0 Å². The minimum Gasteiger partial charge on any atom is -0.395 e. The Bertz CT molecular complexity index is 615. The molecule has 1 heterocycles. The Morgan fingerprint density at radius 2 is 2.18 bits per heavy atom. The van der Waals surface area contributed by atoms with Crippen molar-refractivity contribution in [1.29, 1.82) is 0 Å². The predicted octanol–water partition coefficient (Wildman–Crippen LogP) is 2.43. The second-order valence-electron chi connectivity index (χ2n) is 5.50. The molecule has 120 valence electrons. The number of rotatable bonds is 7. The number of aromatic nitrogens is 1. The Balaban J connectivity index is 1.93. The number of carbonyl (C=O) groups excluding carboxylic acids is 1. The van der Waals surface area contributed by atoms with Crippen LogP contribution < -0.4 is 5.32 Å². The molecule has 0 saturated heterocycles. The van der Waals surface area contributed by atoms with Crippen LogP contribution in [0.25, 0.3) is 10.9 Å². The summed E-state index contributed by atoms with van der Waals surface area (Å²) in [5.74, 6) is 0. The van der Waals surface area contributed by atoms with Gasteiger partial charge in [-0.05, 0) is 37.0 Å². The molecule has 1 aromatic heterocycles. The maximum absolute atomic E-state index is 12.1. The van der Waals surface area contributed by atoms with Gasteiger partial charge in [0.15, 0.2) is 0 Å². The number of nitrogens with one attached hydrogen (secondary N) is 2. The third kappa shape index (κ3) is 3.80. The summed E-state index contributed by atoms with van der Waals surface area (Å²) in [5, 5.41) is 13.2. The number of urea groups is 1. The Morgan fingerprint density at radius 1 is 1.36 bits per heavy atom. The van der Waals surface area contributed by atoms with Gasteiger partial charge in [0, 0.05) is 36.7 Å². The van der Waals surface area contributed by atoms with Crippen molar-refractivity contribution >= 4 is 16.9 Å². The van der Waals surface area contributed by atoms with Crippen molar-refractivity contribution in [2.75, 3.05) is 26.2 Å². The maximum atomic E-state index is 12.1. The van der Waals surface area contributed by atoms with E-state index in [4.69, 9.17) is 5.11 Å². The number of nitrogens with zero attached hydrogens (tertiary/aromatic N) is 1. The number of aromatic amines is 1. The highest BCUT2D eigenvalue weighted by Gasteiger charge is 2.12. The molecule has 0 aliphatic rings. The Labute approximate surface area is 131 Å². The summed E-state index contributed by atoms with van der Waals surface area (Å²) in [7, 11) is 0. The van der Waals surface area contributed by atoms with Crippen molar-refractivity contribution in [3.63, 3.8) is 0 Å². The molecular formula is C17H25N3O2. The molecule has 0 saturated carbocycles. The first-order chi connectivity index (χ1) is 10.7. The lowest BCUT2D eigenvalue weighted by Crippen LogP contribution is -2.42. The van der Waals surface area contributed by atoms with E-state index in [0.29, 0.717) is 19.6 Å². The summed E-state index contributed by atoms with van der Waals surface area (Å²) in [6, 6.07) is 6.10. The number of aryl methyl sites for hydroxylation is 1. The molecule has 0 spiro atoms. The fraction of sp³-hybridized carbons (Fsp3) is 0.471. The first-order valence-corrected chi connectivity index (χ1v) is 7.86. The molecule has 2 rings (SSSR count). The van der Waals surface area contributed by atoms with Gasteiger partial charge in [-0.25, -0.2) is 4.79 Å². The van der Waals surface area contributed by atoms with Gasteiger partial charge in [0.2, 0.25) is 0 Å².